The molecule has 154 valence electrons. The number of hydrogen-bond donors (Lipinski definition) is 1. The van der Waals surface area contributed by atoms with Crippen LogP contribution in [0.15, 0.2) is 41.3 Å². The van der Waals surface area contributed by atoms with Crippen molar-refractivity contribution in [1.82, 2.24) is 14.9 Å². The number of rotatable bonds is 4. The van der Waals surface area contributed by atoms with E-state index >= 15 is 0 Å². The lowest BCUT2D eigenvalue weighted by molar-refractivity contribution is -0.127. The van der Waals surface area contributed by atoms with E-state index in [0.29, 0.717) is 12.1 Å². The summed E-state index contributed by atoms with van der Waals surface area (Å²) in [6.45, 7) is 2.00. The van der Waals surface area contributed by atoms with Crippen LogP contribution in [0.3, 0.4) is 0 Å². The van der Waals surface area contributed by atoms with Gasteiger partial charge in [0.05, 0.1) is 17.7 Å². The number of nitriles is 1. The van der Waals surface area contributed by atoms with Crippen molar-refractivity contribution < 1.29 is 4.79 Å². The van der Waals surface area contributed by atoms with Gasteiger partial charge in [-0.05, 0) is 43.4 Å². The van der Waals surface area contributed by atoms with Crippen molar-refractivity contribution in [3.8, 4) is 6.07 Å². The van der Waals surface area contributed by atoms with Gasteiger partial charge in [0.15, 0.2) is 0 Å². The standard InChI is InChI=1S/C23H25N5O2/c24-11-15-7-8-25-21(9-15)27-13-17-10-18(14-27)20(12-26-23(30)16-3-1-4-16)28-19(17)5-2-6-22(28)29/h2,5-9,16-18,20H,1,3-4,10,12-14H2,(H,26,30)/t17-,18+,20+/m1/s1. The molecule has 0 aromatic carbocycles. The fourth-order valence-electron chi connectivity index (χ4n) is 5.17. The Hall–Kier alpha value is -3.14. The monoisotopic (exact) mass is 403 g/mol. The number of fused-ring (bicyclic) bond motifs is 4. The minimum absolute atomic E-state index is 0.00291. The summed E-state index contributed by atoms with van der Waals surface area (Å²) in [6.07, 6.45) is 5.72. The molecule has 0 spiro atoms. The molecule has 2 aromatic rings. The second kappa shape index (κ2) is 7.60. The number of hydrogen-bond acceptors (Lipinski definition) is 5. The molecule has 2 aromatic heterocycles. The zero-order chi connectivity index (χ0) is 20.7. The molecule has 3 aliphatic rings. The number of anilines is 1. The molecule has 2 aliphatic heterocycles. The average Bonchev–Trinajstić information content (AvgIpc) is 2.72. The summed E-state index contributed by atoms with van der Waals surface area (Å²) in [6, 6.07) is 11.1. The summed E-state index contributed by atoms with van der Waals surface area (Å²) >= 11 is 0. The first-order chi connectivity index (χ1) is 14.6. The molecule has 1 N–H and O–H groups in total. The zero-order valence-corrected chi connectivity index (χ0v) is 16.8. The quantitative estimate of drug-likeness (QED) is 0.845. The van der Waals surface area contributed by atoms with Gasteiger partial charge in [-0.2, -0.15) is 5.26 Å². The van der Waals surface area contributed by atoms with Crippen LogP contribution in [-0.2, 0) is 4.79 Å². The predicted octanol–water partition coefficient (Wildman–Crippen LogP) is 2.20. The molecule has 1 saturated heterocycles. The normalized spacial score (nSPS) is 25.0. The summed E-state index contributed by atoms with van der Waals surface area (Å²) in [4.78, 5) is 31.9. The van der Waals surface area contributed by atoms with Gasteiger partial charge >= 0.3 is 0 Å². The molecular formula is C23H25N5O2. The molecule has 5 rings (SSSR count). The first kappa shape index (κ1) is 18.9. The van der Waals surface area contributed by atoms with Gasteiger partial charge in [0.1, 0.15) is 5.82 Å². The van der Waals surface area contributed by atoms with Gasteiger partial charge in [-0.3, -0.25) is 9.59 Å². The van der Waals surface area contributed by atoms with E-state index < -0.39 is 0 Å². The van der Waals surface area contributed by atoms with E-state index in [1.54, 1.807) is 18.3 Å². The van der Waals surface area contributed by atoms with Gasteiger partial charge in [-0.1, -0.05) is 12.5 Å². The summed E-state index contributed by atoms with van der Waals surface area (Å²) in [7, 11) is 0. The van der Waals surface area contributed by atoms with Gasteiger partial charge in [0.2, 0.25) is 5.91 Å². The first-order valence-corrected chi connectivity index (χ1v) is 10.7. The summed E-state index contributed by atoms with van der Waals surface area (Å²) in [5.74, 6) is 1.50. The molecule has 7 heteroatoms. The highest BCUT2D eigenvalue weighted by atomic mass is 16.2. The first-order valence-electron chi connectivity index (χ1n) is 10.7. The Morgan fingerprint density at radius 1 is 1.27 bits per heavy atom. The van der Waals surface area contributed by atoms with Crippen LogP contribution in [0.4, 0.5) is 5.82 Å². The molecule has 1 saturated carbocycles. The van der Waals surface area contributed by atoms with E-state index in [1.807, 2.05) is 22.8 Å². The third kappa shape index (κ3) is 3.26. The number of piperidine rings is 1. The zero-order valence-electron chi connectivity index (χ0n) is 16.8. The minimum Gasteiger partial charge on any atom is -0.356 e. The fraction of sp³-hybridized carbons (Fsp3) is 0.478. The van der Waals surface area contributed by atoms with Crippen molar-refractivity contribution in [3.63, 3.8) is 0 Å². The fourth-order valence-corrected chi connectivity index (χ4v) is 5.17. The van der Waals surface area contributed by atoms with Crippen molar-refractivity contribution in [2.45, 2.75) is 37.6 Å². The Balaban J connectivity index is 1.45. The molecular weight excluding hydrogens is 378 g/mol. The highest BCUT2D eigenvalue weighted by Crippen LogP contribution is 2.42. The number of amides is 1. The maximum atomic E-state index is 12.8. The lowest BCUT2D eigenvalue weighted by Crippen LogP contribution is -2.52. The van der Waals surface area contributed by atoms with Gasteiger partial charge in [-0.15, -0.1) is 0 Å². The number of carbonyl (C=O) groups excluding carboxylic acids is 1. The molecule has 0 unspecified atom stereocenters. The van der Waals surface area contributed by atoms with Crippen LogP contribution in [0.1, 0.15) is 48.9 Å². The summed E-state index contributed by atoms with van der Waals surface area (Å²) in [5.41, 5.74) is 1.63. The van der Waals surface area contributed by atoms with Crippen LogP contribution in [0.2, 0.25) is 0 Å². The van der Waals surface area contributed by atoms with Crippen molar-refractivity contribution in [3.05, 3.63) is 58.1 Å². The van der Waals surface area contributed by atoms with Gasteiger partial charge < -0.3 is 14.8 Å². The van der Waals surface area contributed by atoms with Crippen molar-refractivity contribution in [1.29, 1.82) is 5.26 Å². The Labute approximate surface area is 175 Å². The molecule has 4 heterocycles. The molecule has 7 nitrogen and oxygen atoms in total. The molecule has 2 fully saturated rings. The van der Waals surface area contributed by atoms with E-state index in [9.17, 15) is 14.9 Å². The Kier molecular flexibility index (Phi) is 4.78. The van der Waals surface area contributed by atoms with Crippen molar-refractivity contribution in [2.75, 3.05) is 24.5 Å². The SMILES string of the molecule is N#Cc1ccnc(N2C[C@H]3C[C@@H](C2)[C@H](CNC(=O)C2CCC2)n2c3cccc2=O)c1. The van der Waals surface area contributed by atoms with E-state index in [1.165, 1.54) is 0 Å². The van der Waals surface area contributed by atoms with Crippen molar-refractivity contribution >= 4 is 11.7 Å². The Bertz CT molecular complexity index is 1070. The number of aromatic nitrogens is 2. The number of nitrogens with zero attached hydrogens (tertiary/aromatic N) is 4. The lowest BCUT2D eigenvalue weighted by atomic mass is 9.78. The van der Waals surface area contributed by atoms with Gasteiger partial charge in [-0.25, -0.2) is 4.98 Å². The highest BCUT2D eigenvalue weighted by Gasteiger charge is 2.41. The molecule has 2 bridgehead atoms. The third-order valence-electron chi connectivity index (χ3n) is 6.96. The smallest absolute Gasteiger partial charge is 0.251 e. The summed E-state index contributed by atoms with van der Waals surface area (Å²) in [5, 5.41) is 12.4. The van der Waals surface area contributed by atoms with Crippen LogP contribution in [0, 0.1) is 23.2 Å². The molecule has 30 heavy (non-hydrogen) atoms. The van der Waals surface area contributed by atoms with Gasteiger partial charge in [0, 0.05) is 49.4 Å². The average molecular weight is 403 g/mol. The number of carbonyl (C=O) groups is 1. The maximum Gasteiger partial charge on any atom is 0.251 e. The van der Waals surface area contributed by atoms with E-state index in [4.69, 9.17) is 0 Å². The minimum atomic E-state index is -0.0732. The number of nitrogens with one attached hydrogen (secondary N) is 1. The Morgan fingerprint density at radius 3 is 2.90 bits per heavy atom. The van der Waals surface area contributed by atoms with Crippen LogP contribution < -0.4 is 15.8 Å². The summed E-state index contributed by atoms with van der Waals surface area (Å²) < 4.78 is 1.91. The maximum absolute atomic E-state index is 12.8. The Morgan fingerprint density at radius 2 is 2.13 bits per heavy atom. The van der Waals surface area contributed by atoms with Crippen LogP contribution in [-0.4, -0.2) is 35.1 Å². The molecule has 1 amide bonds. The van der Waals surface area contributed by atoms with Crippen LogP contribution in [0.5, 0.6) is 0 Å². The molecule has 0 radical (unpaired) electrons. The topological polar surface area (TPSA) is 91.0 Å². The second-order valence-corrected chi connectivity index (χ2v) is 8.71. The highest BCUT2D eigenvalue weighted by molar-refractivity contribution is 5.79. The second-order valence-electron chi connectivity index (χ2n) is 8.71. The lowest BCUT2D eigenvalue weighted by Gasteiger charge is -2.47. The van der Waals surface area contributed by atoms with Crippen molar-refractivity contribution in [2.24, 2.45) is 11.8 Å². The van der Waals surface area contributed by atoms with Crippen LogP contribution >= 0.6 is 0 Å². The van der Waals surface area contributed by atoms with Crippen LogP contribution in [0.25, 0.3) is 0 Å². The van der Waals surface area contributed by atoms with Gasteiger partial charge in [0.25, 0.3) is 5.56 Å². The predicted molar refractivity (Wildman–Crippen MR) is 112 cm³/mol. The third-order valence-corrected chi connectivity index (χ3v) is 6.96. The molecule has 1 aliphatic carbocycles. The molecule has 3 atom stereocenters. The largest absolute Gasteiger partial charge is 0.356 e. The van der Waals surface area contributed by atoms with E-state index in [0.717, 1.165) is 50.3 Å². The number of pyridine rings is 2. The van der Waals surface area contributed by atoms with E-state index in [2.05, 4.69) is 21.3 Å². The van der Waals surface area contributed by atoms with E-state index in [-0.39, 0.29) is 35.3 Å².